The van der Waals surface area contributed by atoms with Crippen molar-refractivity contribution in [3.05, 3.63) is 28.2 Å². The third-order valence-electron chi connectivity index (χ3n) is 1.93. The van der Waals surface area contributed by atoms with Crippen molar-refractivity contribution in [3.8, 4) is 0 Å². The van der Waals surface area contributed by atoms with Crippen molar-refractivity contribution < 1.29 is 19.1 Å². The second-order valence-electron chi connectivity index (χ2n) is 3.50. The Labute approximate surface area is 120 Å². The van der Waals surface area contributed by atoms with Crippen LogP contribution in [0.25, 0.3) is 0 Å². The molecule has 104 valence electrons. The third-order valence-corrected chi connectivity index (χ3v) is 2.37. The maximum atomic E-state index is 11.5. The van der Waals surface area contributed by atoms with E-state index in [-0.39, 0.29) is 6.61 Å². The molecule has 1 rings (SSSR count). The van der Waals surface area contributed by atoms with Crippen LogP contribution in [0.2, 0.25) is 10.0 Å². The molecule has 0 fully saturated rings. The summed E-state index contributed by atoms with van der Waals surface area (Å²) in [5, 5.41) is 3.31. The van der Waals surface area contributed by atoms with Gasteiger partial charge in [0.2, 0.25) is 0 Å². The lowest BCUT2D eigenvalue weighted by Gasteiger charge is -2.07. The number of carbonyl (C=O) groups is 2. The van der Waals surface area contributed by atoms with E-state index in [2.05, 4.69) is 5.32 Å². The van der Waals surface area contributed by atoms with E-state index >= 15 is 0 Å². The van der Waals surface area contributed by atoms with E-state index < -0.39 is 18.5 Å². The average molecular weight is 306 g/mol. The maximum Gasteiger partial charge on any atom is 0.332 e. The third kappa shape index (κ3) is 6.42. The molecule has 1 N–H and O–H groups in total. The molecule has 5 nitrogen and oxygen atoms in total. The first-order chi connectivity index (χ1) is 9.01. The Kier molecular flexibility index (Phi) is 6.62. The van der Waals surface area contributed by atoms with Crippen molar-refractivity contribution in [2.24, 2.45) is 0 Å². The largest absolute Gasteiger partial charge is 0.454 e. The molecule has 0 unspecified atom stereocenters. The fraction of sp³-hybridized carbons (Fsp3) is 0.333. The number of hydrogen-bond donors (Lipinski definition) is 1. The molecule has 0 atom stereocenters. The number of amides is 1. The first-order valence-corrected chi connectivity index (χ1v) is 6.26. The number of ether oxygens (including phenoxy) is 2. The van der Waals surface area contributed by atoms with Crippen molar-refractivity contribution >= 4 is 40.8 Å². The Morgan fingerprint density at radius 1 is 1.16 bits per heavy atom. The van der Waals surface area contributed by atoms with E-state index in [1.54, 1.807) is 13.0 Å². The van der Waals surface area contributed by atoms with Crippen LogP contribution in [0.3, 0.4) is 0 Å². The van der Waals surface area contributed by atoms with Gasteiger partial charge in [-0.3, -0.25) is 4.79 Å². The van der Waals surface area contributed by atoms with Gasteiger partial charge in [0.1, 0.15) is 6.61 Å². The molecule has 0 aliphatic carbocycles. The Morgan fingerprint density at radius 2 is 1.79 bits per heavy atom. The number of benzene rings is 1. The van der Waals surface area contributed by atoms with Crippen molar-refractivity contribution in [2.45, 2.75) is 6.92 Å². The highest BCUT2D eigenvalue weighted by Crippen LogP contribution is 2.22. The molecule has 0 saturated carbocycles. The van der Waals surface area contributed by atoms with Gasteiger partial charge < -0.3 is 14.8 Å². The van der Waals surface area contributed by atoms with Crippen molar-refractivity contribution in [1.82, 2.24) is 0 Å². The van der Waals surface area contributed by atoms with Crippen LogP contribution < -0.4 is 5.32 Å². The van der Waals surface area contributed by atoms with Crippen LogP contribution in [0.15, 0.2) is 18.2 Å². The monoisotopic (exact) mass is 305 g/mol. The summed E-state index contributed by atoms with van der Waals surface area (Å²) >= 11 is 11.6. The smallest absolute Gasteiger partial charge is 0.332 e. The summed E-state index contributed by atoms with van der Waals surface area (Å²) in [4.78, 5) is 22.6. The minimum Gasteiger partial charge on any atom is -0.454 e. The number of halogens is 2. The summed E-state index contributed by atoms with van der Waals surface area (Å²) in [5.41, 5.74) is 0.434. The minimum atomic E-state index is -0.596. The Bertz CT molecular complexity index is 445. The second-order valence-corrected chi connectivity index (χ2v) is 4.38. The highest BCUT2D eigenvalue weighted by Gasteiger charge is 2.08. The van der Waals surface area contributed by atoms with E-state index in [4.69, 9.17) is 32.7 Å². The number of carbonyl (C=O) groups excluding carboxylic acids is 2. The molecule has 1 aromatic rings. The van der Waals surface area contributed by atoms with Gasteiger partial charge >= 0.3 is 5.97 Å². The Balaban J connectivity index is 2.40. The molecule has 0 saturated heterocycles. The van der Waals surface area contributed by atoms with Gasteiger partial charge in [0.15, 0.2) is 6.61 Å². The van der Waals surface area contributed by atoms with E-state index in [1.165, 1.54) is 12.1 Å². The van der Waals surface area contributed by atoms with Crippen LogP contribution in [0.4, 0.5) is 5.69 Å². The van der Waals surface area contributed by atoms with E-state index in [1.807, 2.05) is 0 Å². The SMILES string of the molecule is CCOCC(=O)OCC(=O)Nc1cc(Cl)cc(Cl)c1. The number of rotatable bonds is 6. The lowest BCUT2D eigenvalue weighted by Crippen LogP contribution is -2.22. The van der Waals surface area contributed by atoms with Gasteiger partial charge in [0.05, 0.1) is 0 Å². The zero-order chi connectivity index (χ0) is 14.3. The molecule has 0 aromatic heterocycles. The predicted molar refractivity (Wildman–Crippen MR) is 72.5 cm³/mol. The molecule has 1 amide bonds. The quantitative estimate of drug-likeness (QED) is 0.820. The van der Waals surface area contributed by atoms with Crippen LogP contribution in [-0.4, -0.2) is 31.7 Å². The van der Waals surface area contributed by atoms with E-state index in [9.17, 15) is 9.59 Å². The van der Waals surface area contributed by atoms with Gasteiger partial charge in [-0.1, -0.05) is 23.2 Å². The van der Waals surface area contributed by atoms with Gasteiger partial charge in [-0.05, 0) is 25.1 Å². The van der Waals surface area contributed by atoms with Gasteiger partial charge in [-0.25, -0.2) is 4.79 Å². The summed E-state index contributed by atoms with van der Waals surface area (Å²) in [7, 11) is 0. The highest BCUT2D eigenvalue weighted by atomic mass is 35.5. The minimum absolute atomic E-state index is 0.174. The molecular weight excluding hydrogens is 293 g/mol. The van der Waals surface area contributed by atoms with E-state index in [0.29, 0.717) is 22.3 Å². The molecule has 19 heavy (non-hydrogen) atoms. The molecule has 1 aromatic carbocycles. The van der Waals surface area contributed by atoms with Crippen LogP contribution in [0.5, 0.6) is 0 Å². The lowest BCUT2D eigenvalue weighted by atomic mass is 10.3. The summed E-state index contributed by atoms with van der Waals surface area (Å²) in [5.74, 6) is -1.08. The summed E-state index contributed by atoms with van der Waals surface area (Å²) < 4.78 is 9.53. The Morgan fingerprint density at radius 3 is 2.37 bits per heavy atom. The zero-order valence-corrected chi connectivity index (χ0v) is 11.8. The predicted octanol–water partition coefficient (Wildman–Crippen LogP) is 2.51. The summed E-state index contributed by atoms with van der Waals surface area (Å²) in [6.45, 7) is 1.59. The second kappa shape index (κ2) is 7.99. The topological polar surface area (TPSA) is 64.6 Å². The zero-order valence-electron chi connectivity index (χ0n) is 10.2. The molecule has 0 bridgehead atoms. The standard InChI is InChI=1S/C12H13Cl2NO4/c1-2-18-7-12(17)19-6-11(16)15-10-4-8(13)3-9(14)5-10/h3-5H,2,6-7H2,1H3,(H,15,16). The fourth-order valence-corrected chi connectivity index (χ4v) is 1.72. The van der Waals surface area contributed by atoms with Crippen LogP contribution in [-0.2, 0) is 19.1 Å². The molecular formula is C12H13Cl2NO4. The van der Waals surface area contributed by atoms with Gasteiger partial charge in [-0.15, -0.1) is 0 Å². The maximum absolute atomic E-state index is 11.5. The average Bonchev–Trinajstić information content (AvgIpc) is 2.32. The summed E-state index contributed by atoms with van der Waals surface area (Å²) in [6, 6.07) is 4.61. The highest BCUT2D eigenvalue weighted by molar-refractivity contribution is 6.35. The van der Waals surface area contributed by atoms with Crippen LogP contribution in [0, 0.1) is 0 Å². The first kappa shape index (κ1) is 15.8. The van der Waals surface area contributed by atoms with Gasteiger partial charge in [0.25, 0.3) is 5.91 Å². The summed E-state index contributed by atoms with van der Waals surface area (Å²) in [6.07, 6.45) is 0. The molecule has 0 aliphatic rings. The molecule has 7 heteroatoms. The Hall–Kier alpha value is -1.30. The van der Waals surface area contributed by atoms with Crippen molar-refractivity contribution in [1.29, 1.82) is 0 Å². The van der Waals surface area contributed by atoms with Crippen LogP contribution >= 0.6 is 23.2 Å². The van der Waals surface area contributed by atoms with Gasteiger partial charge in [0, 0.05) is 22.3 Å². The molecule has 0 heterocycles. The number of hydrogen-bond acceptors (Lipinski definition) is 4. The molecule has 0 radical (unpaired) electrons. The van der Waals surface area contributed by atoms with Crippen LogP contribution in [0.1, 0.15) is 6.92 Å². The van der Waals surface area contributed by atoms with Crippen molar-refractivity contribution in [2.75, 3.05) is 25.1 Å². The normalized spacial score (nSPS) is 10.1. The lowest BCUT2D eigenvalue weighted by molar-refractivity contribution is -0.151. The first-order valence-electron chi connectivity index (χ1n) is 5.50. The molecule has 0 aliphatic heterocycles. The number of esters is 1. The number of anilines is 1. The van der Waals surface area contributed by atoms with Crippen molar-refractivity contribution in [3.63, 3.8) is 0 Å². The van der Waals surface area contributed by atoms with Gasteiger partial charge in [-0.2, -0.15) is 0 Å². The number of nitrogens with one attached hydrogen (secondary N) is 1. The van der Waals surface area contributed by atoms with E-state index in [0.717, 1.165) is 0 Å². The molecule has 0 spiro atoms. The fourth-order valence-electron chi connectivity index (χ4n) is 1.20.